The quantitative estimate of drug-likeness (QED) is 0.366. The van der Waals surface area contributed by atoms with Crippen LogP contribution in [0, 0.1) is 0 Å². The van der Waals surface area contributed by atoms with E-state index in [1.54, 1.807) is 17.9 Å². The van der Waals surface area contributed by atoms with E-state index in [0.29, 0.717) is 18.0 Å². The SMILES string of the molecule is CC1Oc2cc(NC(=O)C(c3ccccc3)c3ccccc3)ccc2N(CCc2ccccc2)C1=O. The molecule has 1 atom stereocenters. The molecule has 1 N–H and O–H groups in total. The van der Waals surface area contributed by atoms with E-state index in [4.69, 9.17) is 4.74 Å². The van der Waals surface area contributed by atoms with Crippen LogP contribution in [0.1, 0.15) is 29.5 Å². The van der Waals surface area contributed by atoms with Gasteiger partial charge in [0, 0.05) is 18.3 Å². The first-order valence-corrected chi connectivity index (χ1v) is 12.2. The number of ether oxygens (including phenoxy) is 1. The molecular formula is C31H28N2O3. The summed E-state index contributed by atoms with van der Waals surface area (Å²) < 4.78 is 5.94. The van der Waals surface area contributed by atoms with E-state index >= 15 is 0 Å². The number of carbonyl (C=O) groups is 2. The number of amides is 2. The zero-order valence-electron chi connectivity index (χ0n) is 20.1. The number of fused-ring (bicyclic) bond motifs is 1. The third-order valence-electron chi connectivity index (χ3n) is 6.43. The second kappa shape index (κ2) is 10.5. The Morgan fingerprint density at radius 3 is 2.06 bits per heavy atom. The fraction of sp³-hybridized carbons (Fsp3) is 0.161. The molecule has 36 heavy (non-hydrogen) atoms. The van der Waals surface area contributed by atoms with Gasteiger partial charge in [0.1, 0.15) is 5.75 Å². The molecule has 180 valence electrons. The third kappa shape index (κ3) is 5.01. The van der Waals surface area contributed by atoms with Gasteiger partial charge in [0.05, 0.1) is 11.6 Å². The fourth-order valence-corrected chi connectivity index (χ4v) is 4.61. The summed E-state index contributed by atoms with van der Waals surface area (Å²) in [6.45, 7) is 2.31. The minimum Gasteiger partial charge on any atom is -0.479 e. The van der Waals surface area contributed by atoms with Crippen molar-refractivity contribution in [3.8, 4) is 5.75 Å². The highest BCUT2D eigenvalue weighted by Gasteiger charge is 2.32. The van der Waals surface area contributed by atoms with E-state index in [1.165, 1.54) is 5.56 Å². The number of benzene rings is 4. The van der Waals surface area contributed by atoms with Crippen LogP contribution in [0.5, 0.6) is 5.75 Å². The molecular weight excluding hydrogens is 448 g/mol. The molecule has 0 aliphatic carbocycles. The summed E-state index contributed by atoms with van der Waals surface area (Å²) >= 11 is 0. The van der Waals surface area contributed by atoms with Crippen molar-refractivity contribution in [3.05, 3.63) is 126 Å². The van der Waals surface area contributed by atoms with Gasteiger partial charge in [-0.15, -0.1) is 0 Å². The van der Waals surface area contributed by atoms with Gasteiger partial charge in [0.2, 0.25) is 5.91 Å². The summed E-state index contributed by atoms with van der Waals surface area (Å²) in [5.74, 6) is -0.0622. The van der Waals surface area contributed by atoms with Gasteiger partial charge in [0.15, 0.2) is 6.10 Å². The number of carbonyl (C=O) groups excluding carboxylic acids is 2. The molecule has 0 radical (unpaired) electrons. The van der Waals surface area contributed by atoms with Crippen molar-refractivity contribution in [2.24, 2.45) is 0 Å². The maximum atomic E-state index is 13.5. The standard InChI is InChI=1S/C31H28N2O3/c1-22-31(35)33(20-19-23-11-5-2-6-12-23)27-18-17-26(21-28(27)36-22)32-30(34)29(24-13-7-3-8-14-24)25-15-9-4-10-16-25/h2-18,21-22,29H,19-20H2,1H3,(H,32,34). The summed E-state index contributed by atoms with van der Waals surface area (Å²) in [5.41, 5.74) is 4.35. The number of nitrogens with zero attached hydrogens (tertiary/aromatic N) is 1. The topological polar surface area (TPSA) is 58.6 Å². The van der Waals surface area contributed by atoms with E-state index in [1.807, 2.05) is 91.0 Å². The maximum Gasteiger partial charge on any atom is 0.267 e. The van der Waals surface area contributed by atoms with Crippen LogP contribution in [0.25, 0.3) is 0 Å². The molecule has 0 spiro atoms. The fourth-order valence-electron chi connectivity index (χ4n) is 4.61. The molecule has 4 aromatic carbocycles. The molecule has 0 aromatic heterocycles. The predicted octanol–water partition coefficient (Wildman–Crippen LogP) is 5.81. The van der Waals surface area contributed by atoms with E-state index in [-0.39, 0.29) is 11.8 Å². The monoisotopic (exact) mass is 476 g/mol. The van der Waals surface area contributed by atoms with Crippen molar-refractivity contribution in [2.45, 2.75) is 25.4 Å². The molecule has 1 heterocycles. The van der Waals surface area contributed by atoms with Gasteiger partial charge in [-0.3, -0.25) is 9.59 Å². The van der Waals surface area contributed by atoms with Gasteiger partial charge in [-0.2, -0.15) is 0 Å². The predicted molar refractivity (Wildman–Crippen MR) is 142 cm³/mol. The lowest BCUT2D eigenvalue weighted by Gasteiger charge is -2.33. The Morgan fingerprint density at radius 2 is 1.44 bits per heavy atom. The second-order valence-electron chi connectivity index (χ2n) is 8.91. The molecule has 1 unspecified atom stereocenters. The van der Waals surface area contributed by atoms with Crippen LogP contribution in [-0.2, 0) is 16.0 Å². The Morgan fingerprint density at radius 1 is 0.861 bits per heavy atom. The average Bonchev–Trinajstić information content (AvgIpc) is 2.91. The highest BCUT2D eigenvalue weighted by Crippen LogP contribution is 2.37. The van der Waals surface area contributed by atoms with Crippen LogP contribution in [-0.4, -0.2) is 24.5 Å². The average molecular weight is 477 g/mol. The molecule has 0 bridgehead atoms. The van der Waals surface area contributed by atoms with Crippen LogP contribution in [0.4, 0.5) is 11.4 Å². The van der Waals surface area contributed by atoms with Gasteiger partial charge in [-0.25, -0.2) is 0 Å². The van der Waals surface area contributed by atoms with Crippen molar-refractivity contribution < 1.29 is 14.3 Å². The molecule has 2 amide bonds. The van der Waals surface area contributed by atoms with Crippen molar-refractivity contribution in [2.75, 3.05) is 16.8 Å². The van der Waals surface area contributed by atoms with Crippen LogP contribution < -0.4 is 15.0 Å². The molecule has 0 fully saturated rings. The van der Waals surface area contributed by atoms with Crippen LogP contribution in [0.2, 0.25) is 0 Å². The summed E-state index contributed by atoms with van der Waals surface area (Å²) in [4.78, 5) is 28.2. The van der Waals surface area contributed by atoms with Crippen LogP contribution >= 0.6 is 0 Å². The summed E-state index contributed by atoms with van der Waals surface area (Å²) in [7, 11) is 0. The Kier molecular flexibility index (Phi) is 6.80. The van der Waals surface area contributed by atoms with Crippen molar-refractivity contribution in [1.82, 2.24) is 0 Å². The van der Waals surface area contributed by atoms with Crippen LogP contribution in [0.3, 0.4) is 0 Å². The van der Waals surface area contributed by atoms with Gasteiger partial charge < -0.3 is 15.0 Å². The number of rotatable bonds is 7. The molecule has 5 heteroatoms. The lowest BCUT2D eigenvalue weighted by molar-refractivity contribution is -0.125. The number of anilines is 2. The van der Waals surface area contributed by atoms with Crippen molar-refractivity contribution in [3.63, 3.8) is 0 Å². The van der Waals surface area contributed by atoms with E-state index < -0.39 is 12.0 Å². The van der Waals surface area contributed by atoms with Gasteiger partial charge >= 0.3 is 0 Å². The summed E-state index contributed by atoms with van der Waals surface area (Å²) in [5, 5.41) is 3.07. The first-order valence-electron chi connectivity index (χ1n) is 12.2. The Bertz CT molecular complexity index is 1300. The molecule has 1 aliphatic rings. The van der Waals surface area contributed by atoms with Gasteiger partial charge in [-0.1, -0.05) is 91.0 Å². The minimum absolute atomic E-state index is 0.0663. The highest BCUT2D eigenvalue weighted by molar-refractivity contribution is 6.02. The lowest BCUT2D eigenvalue weighted by atomic mass is 9.90. The molecule has 1 aliphatic heterocycles. The minimum atomic E-state index is -0.597. The largest absolute Gasteiger partial charge is 0.479 e. The summed E-state index contributed by atoms with van der Waals surface area (Å²) in [6, 6.07) is 35.1. The Hall–Kier alpha value is -4.38. The second-order valence-corrected chi connectivity index (χ2v) is 8.91. The molecule has 5 rings (SSSR count). The molecule has 4 aromatic rings. The van der Waals surface area contributed by atoms with E-state index in [2.05, 4.69) is 17.4 Å². The summed E-state index contributed by atoms with van der Waals surface area (Å²) in [6.07, 6.45) is 0.146. The Labute approximate surface area is 211 Å². The molecule has 0 saturated carbocycles. The van der Waals surface area contributed by atoms with E-state index in [9.17, 15) is 9.59 Å². The number of hydrogen-bond donors (Lipinski definition) is 1. The smallest absolute Gasteiger partial charge is 0.267 e. The maximum absolute atomic E-state index is 13.5. The first kappa shape index (κ1) is 23.4. The zero-order valence-corrected chi connectivity index (χ0v) is 20.1. The number of nitrogens with one attached hydrogen (secondary N) is 1. The lowest BCUT2D eigenvalue weighted by Crippen LogP contribution is -2.45. The highest BCUT2D eigenvalue weighted by atomic mass is 16.5. The van der Waals surface area contributed by atoms with Crippen molar-refractivity contribution >= 4 is 23.2 Å². The number of hydrogen-bond acceptors (Lipinski definition) is 3. The Balaban J connectivity index is 1.39. The van der Waals surface area contributed by atoms with Crippen LogP contribution in [0.15, 0.2) is 109 Å². The normalized spacial score (nSPS) is 14.8. The molecule has 0 saturated heterocycles. The first-order chi connectivity index (χ1) is 17.6. The van der Waals surface area contributed by atoms with E-state index in [0.717, 1.165) is 23.2 Å². The molecule has 5 nitrogen and oxygen atoms in total. The zero-order chi connectivity index (χ0) is 24.9. The third-order valence-corrected chi connectivity index (χ3v) is 6.43. The van der Waals surface area contributed by atoms with Crippen molar-refractivity contribution in [1.29, 1.82) is 0 Å². The van der Waals surface area contributed by atoms with Gasteiger partial charge in [0.25, 0.3) is 5.91 Å². The van der Waals surface area contributed by atoms with Gasteiger partial charge in [-0.05, 0) is 42.2 Å².